The molecule has 2 rings (SSSR count). The van der Waals surface area contributed by atoms with Gasteiger partial charge in [0.2, 0.25) is 0 Å². The van der Waals surface area contributed by atoms with Crippen molar-refractivity contribution in [3.63, 3.8) is 0 Å². The number of halogens is 1. The average molecular weight is 241 g/mol. The van der Waals surface area contributed by atoms with E-state index < -0.39 is 0 Å². The van der Waals surface area contributed by atoms with Crippen LogP contribution in [0.15, 0.2) is 0 Å². The van der Waals surface area contributed by atoms with Crippen LogP contribution in [0, 0.1) is 12.8 Å². The Morgan fingerprint density at radius 1 is 1.44 bits per heavy atom. The third kappa shape index (κ3) is 2.53. The van der Waals surface area contributed by atoms with Crippen LogP contribution in [0.3, 0.4) is 0 Å². The highest BCUT2D eigenvalue weighted by molar-refractivity contribution is 6.30. The lowest BCUT2D eigenvalue weighted by atomic mass is 10.0. The van der Waals surface area contributed by atoms with Crippen molar-refractivity contribution in [2.24, 2.45) is 5.92 Å². The van der Waals surface area contributed by atoms with Gasteiger partial charge in [-0.15, -0.1) is 0 Å². The predicted molar refractivity (Wildman–Crippen MR) is 63.8 cm³/mol. The molecular formula is C12H17ClN2O. The Bertz CT molecular complexity index is 352. The molecule has 1 saturated heterocycles. The number of aromatic nitrogens is 2. The Morgan fingerprint density at radius 3 is 2.81 bits per heavy atom. The smallest absolute Gasteiger partial charge is 0.136 e. The van der Waals surface area contributed by atoms with Crippen molar-refractivity contribution in [1.82, 2.24) is 9.97 Å². The van der Waals surface area contributed by atoms with Crippen LogP contribution in [0.4, 0.5) is 0 Å². The molecule has 1 unspecified atom stereocenters. The predicted octanol–water partition coefficient (Wildman–Crippen LogP) is 2.58. The van der Waals surface area contributed by atoms with Crippen molar-refractivity contribution in [1.29, 1.82) is 0 Å². The molecule has 0 N–H and O–H groups in total. The lowest BCUT2D eigenvalue weighted by Crippen LogP contribution is -2.09. The van der Waals surface area contributed by atoms with Crippen LogP contribution >= 0.6 is 11.6 Å². The Kier molecular flexibility index (Phi) is 3.77. The van der Waals surface area contributed by atoms with Crippen molar-refractivity contribution in [2.75, 3.05) is 13.2 Å². The zero-order valence-corrected chi connectivity index (χ0v) is 10.5. The fourth-order valence-corrected chi connectivity index (χ4v) is 2.48. The molecule has 4 heteroatoms. The van der Waals surface area contributed by atoms with Gasteiger partial charge in [0.25, 0.3) is 0 Å². The van der Waals surface area contributed by atoms with Crippen LogP contribution in [-0.4, -0.2) is 23.2 Å². The zero-order chi connectivity index (χ0) is 11.5. The molecule has 0 bridgehead atoms. The van der Waals surface area contributed by atoms with Crippen molar-refractivity contribution in [2.45, 2.75) is 33.1 Å². The second-order valence-electron chi connectivity index (χ2n) is 4.28. The molecular weight excluding hydrogens is 224 g/mol. The third-order valence-electron chi connectivity index (χ3n) is 3.06. The zero-order valence-electron chi connectivity index (χ0n) is 9.79. The highest BCUT2D eigenvalue weighted by Crippen LogP contribution is 2.20. The molecule has 1 aromatic heterocycles. The SMILES string of the molecule is CCc1c(C)nc(CC2CCOC2)nc1Cl. The summed E-state index contributed by atoms with van der Waals surface area (Å²) in [6, 6.07) is 0. The molecule has 0 saturated carbocycles. The van der Waals surface area contributed by atoms with Crippen LogP contribution < -0.4 is 0 Å². The summed E-state index contributed by atoms with van der Waals surface area (Å²) < 4.78 is 5.35. The first-order valence-corrected chi connectivity index (χ1v) is 6.18. The summed E-state index contributed by atoms with van der Waals surface area (Å²) in [5, 5.41) is 0.615. The summed E-state index contributed by atoms with van der Waals surface area (Å²) in [5.41, 5.74) is 2.07. The summed E-state index contributed by atoms with van der Waals surface area (Å²) in [7, 11) is 0. The molecule has 0 aliphatic carbocycles. The molecule has 1 aliphatic rings. The van der Waals surface area contributed by atoms with E-state index in [1.165, 1.54) is 0 Å². The number of hydrogen-bond donors (Lipinski definition) is 0. The van der Waals surface area contributed by atoms with E-state index in [9.17, 15) is 0 Å². The van der Waals surface area contributed by atoms with Gasteiger partial charge >= 0.3 is 0 Å². The Morgan fingerprint density at radius 2 is 2.25 bits per heavy atom. The Hall–Kier alpha value is -0.670. The van der Waals surface area contributed by atoms with E-state index in [0.29, 0.717) is 11.1 Å². The lowest BCUT2D eigenvalue weighted by Gasteiger charge is -2.10. The summed E-state index contributed by atoms with van der Waals surface area (Å²) in [6.07, 6.45) is 2.87. The van der Waals surface area contributed by atoms with Gasteiger partial charge in [-0.1, -0.05) is 18.5 Å². The van der Waals surface area contributed by atoms with E-state index in [4.69, 9.17) is 16.3 Å². The van der Waals surface area contributed by atoms with E-state index >= 15 is 0 Å². The molecule has 1 fully saturated rings. The second kappa shape index (κ2) is 5.11. The molecule has 2 heterocycles. The largest absolute Gasteiger partial charge is 0.381 e. The van der Waals surface area contributed by atoms with Crippen molar-refractivity contribution >= 4 is 11.6 Å². The van der Waals surface area contributed by atoms with E-state index in [1.807, 2.05) is 6.92 Å². The van der Waals surface area contributed by atoms with Crippen LogP contribution in [0.5, 0.6) is 0 Å². The number of rotatable bonds is 3. The highest BCUT2D eigenvalue weighted by atomic mass is 35.5. The van der Waals surface area contributed by atoms with Crippen LogP contribution in [0.25, 0.3) is 0 Å². The Balaban J connectivity index is 2.15. The minimum Gasteiger partial charge on any atom is -0.381 e. The first kappa shape index (κ1) is 11.8. The minimum absolute atomic E-state index is 0.558. The molecule has 1 atom stereocenters. The number of aryl methyl sites for hydroxylation is 1. The summed E-state index contributed by atoms with van der Waals surface area (Å²) in [5.74, 6) is 1.41. The van der Waals surface area contributed by atoms with Gasteiger partial charge in [0.05, 0.1) is 0 Å². The van der Waals surface area contributed by atoms with Crippen LogP contribution in [0.2, 0.25) is 5.15 Å². The number of hydrogen-bond acceptors (Lipinski definition) is 3. The quantitative estimate of drug-likeness (QED) is 0.762. The summed E-state index contributed by atoms with van der Waals surface area (Å²) in [4.78, 5) is 8.88. The van der Waals surface area contributed by atoms with Gasteiger partial charge in [0.1, 0.15) is 11.0 Å². The van der Waals surface area contributed by atoms with Gasteiger partial charge in [0.15, 0.2) is 0 Å². The number of ether oxygens (including phenoxy) is 1. The maximum absolute atomic E-state index is 6.14. The van der Waals surface area contributed by atoms with E-state index in [1.54, 1.807) is 0 Å². The summed E-state index contributed by atoms with van der Waals surface area (Å²) in [6.45, 7) is 5.77. The molecule has 3 nitrogen and oxygen atoms in total. The molecule has 0 amide bonds. The topological polar surface area (TPSA) is 35.0 Å². The van der Waals surface area contributed by atoms with Crippen molar-refractivity contribution in [3.05, 3.63) is 22.2 Å². The molecule has 88 valence electrons. The molecule has 1 aromatic rings. The molecule has 0 radical (unpaired) electrons. The van der Waals surface area contributed by atoms with Gasteiger partial charge in [-0.25, -0.2) is 9.97 Å². The lowest BCUT2D eigenvalue weighted by molar-refractivity contribution is 0.185. The van der Waals surface area contributed by atoms with Gasteiger partial charge < -0.3 is 4.74 Å². The molecule has 0 aromatic carbocycles. The first-order chi connectivity index (χ1) is 7.70. The minimum atomic E-state index is 0.558. The maximum atomic E-state index is 6.14. The van der Waals surface area contributed by atoms with Crippen LogP contribution in [0.1, 0.15) is 30.4 Å². The van der Waals surface area contributed by atoms with Crippen molar-refractivity contribution in [3.8, 4) is 0 Å². The maximum Gasteiger partial charge on any atom is 0.136 e. The molecule has 0 spiro atoms. The van der Waals surface area contributed by atoms with Gasteiger partial charge in [-0.2, -0.15) is 0 Å². The monoisotopic (exact) mass is 240 g/mol. The van der Waals surface area contributed by atoms with Gasteiger partial charge in [-0.3, -0.25) is 0 Å². The fourth-order valence-electron chi connectivity index (χ4n) is 2.11. The summed E-state index contributed by atoms with van der Waals surface area (Å²) >= 11 is 6.14. The third-order valence-corrected chi connectivity index (χ3v) is 3.37. The standard InChI is InChI=1S/C12H17ClN2O/c1-3-10-8(2)14-11(15-12(10)13)6-9-4-5-16-7-9/h9H,3-7H2,1-2H3. The first-order valence-electron chi connectivity index (χ1n) is 5.80. The fraction of sp³-hybridized carbons (Fsp3) is 0.667. The van der Waals surface area contributed by atoms with E-state index in [-0.39, 0.29) is 0 Å². The van der Waals surface area contributed by atoms with E-state index in [0.717, 1.165) is 49.6 Å². The van der Waals surface area contributed by atoms with Gasteiger partial charge in [0, 0.05) is 30.9 Å². The van der Waals surface area contributed by atoms with Gasteiger partial charge in [-0.05, 0) is 25.7 Å². The number of nitrogens with zero attached hydrogens (tertiary/aromatic N) is 2. The normalized spacial score (nSPS) is 20.3. The van der Waals surface area contributed by atoms with E-state index in [2.05, 4.69) is 16.9 Å². The van der Waals surface area contributed by atoms with Crippen molar-refractivity contribution < 1.29 is 4.74 Å². The second-order valence-corrected chi connectivity index (χ2v) is 4.64. The average Bonchev–Trinajstić information content (AvgIpc) is 2.70. The molecule has 16 heavy (non-hydrogen) atoms. The highest BCUT2D eigenvalue weighted by Gasteiger charge is 2.18. The van der Waals surface area contributed by atoms with Crippen LogP contribution in [-0.2, 0) is 17.6 Å². The molecule has 1 aliphatic heterocycles. The Labute approximate surface area is 101 Å².